The number of hydrogen-bond donors (Lipinski definition) is 1. The molecule has 0 aromatic carbocycles. The fourth-order valence-corrected chi connectivity index (χ4v) is 1.28. The van der Waals surface area contributed by atoms with Crippen LogP contribution >= 0.6 is 23.2 Å². The van der Waals surface area contributed by atoms with Crippen LogP contribution in [0.3, 0.4) is 0 Å². The van der Waals surface area contributed by atoms with Gasteiger partial charge in [0.25, 0.3) is 0 Å². The minimum atomic E-state index is -0.381. The van der Waals surface area contributed by atoms with Crippen LogP contribution in [0.4, 0.5) is 5.82 Å². The van der Waals surface area contributed by atoms with Crippen LogP contribution in [-0.4, -0.2) is 36.1 Å². The zero-order valence-corrected chi connectivity index (χ0v) is 9.72. The van der Waals surface area contributed by atoms with Gasteiger partial charge in [0.05, 0.1) is 0 Å². The molecule has 0 fully saturated rings. The number of amides is 1. The molecular weight excluding hydrogens is 269 g/mol. The number of carbonyl (C=O) groups excluding carboxylic acids is 1. The van der Waals surface area contributed by atoms with Crippen molar-refractivity contribution in [2.75, 3.05) is 5.32 Å². The summed E-state index contributed by atoms with van der Waals surface area (Å²) in [7, 11) is 0. The van der Waals surface area contributed by atoms with Crippen LogP contribution in [0.15, 0.2) is 12.7 Å². The number of anilines is 1. The first kappa shape index (κ1) is 11.7. The molecular formula is C7H5Cl2N7O. The van der Waals surface area contributed by atoms with Crippen molar-refractivity contribution < 1.29 is 4.79 Å². The lowest BCUT2D eigenvalue weighted by Crippen LogP contribution is -2.20. The van der Waals surface area contributed by atoms with Gasteiger partial charge in [0.2, 0.25) is 5.91 Å². The number of aromatic nitrogens is 6. The number of halogens is 2. The lowest BCUT2D eigenvalue weighted by Gasteiger charge is -2.05. The SMILES string of the molecule is O=C(Cn1cnnn1)Nc1ncnc(Cl)c1Cl. The van der Waals surface area contributed by atoms with Crippen molar-refractivity contribution in [2.24, 2.45) is 0 Å². The van der Waals surface area contributed by atoms with Gasteiger partial charge < -0.3 is 5.32 Å². The molecule has 1 N–H and O–H groups in total. The molecule has 0 unspecified atom stereocenters. The molecule has 0 aliphatic carbocycles. The number of rotatable bonds is 3. The predicted molar refractivity (Wildman–Crippen MR) is 58.5 cm³/mol. The Morgan fingerprint density at radius 2 is 2.24 bits per heavy atom. The number of nitrogens with zero attached hydrogens (tertiary/aromatic N) is 6. The molecule has 0 saturated carbocycles. The third kappa shape index (κ3) is 2.86. The van der Waals surface area contributed by atoms with E-state index in [-0.39, 0.29) is 28.4 Å². The van der Waals surface area contributed by atoms with Gasteiger partial charge in [0.1, 0.15) is 24.2 Å². The summed E-state index contributed by atoms with van der Waals surface area (Å²) in [5, 5.41) is 12.9. The maximum absolute atomic E-state index is 11.6. The zero-order valence-electron chi connectivity index (χ0n) is 8.21. The Kier molecular flexibility index (Phi) is 3.45. The molecule has 8 nitrogen and oxygen atoms in total. The molecule has 1 amide bonds. The van der Waals surface area contributed by atoms with E-state index in [1.165, 1.54) is 17.3 Å². The van der Waals surface area contributed by atoms with Crippen LogP contribution in [0.1, 0.15) is 0 Å². The smallest absolute Gasteiger partial charge is 0.247 e. The Labute approximate surface area is 105 Å². The molecule has 10 heteroatoms. The average molecular weight is 274 g/mol. The van der Waals surface area contributed by atoms with Crippen LogP contribution in [0.5, 0.6) is 0 Å². The van der Waals surface area contributed by atoms with Gasteiger partial charge in [-0.2, -0.15) is 0 Å². The van der Waals surface area contributed by atoms with Crippen LogP contribution in [0.2, 0.25) is 10.2 Å². The van der Waals surface area contributed by atoms with Crippen molar-refractivity contribution in [3.63, 3.8) is 0 Å². The number of carbonyl (C=O) groups is 1. The minimum absolute atomic E-state index is 0.0506. The standard InChI is InChI=1S/C7H5Cl2N7O/c8-5-6(9)10-2-11-7(5)13-4(17)1-16-3-12-14-15-16/h2-3H,1H2,(H,10,11,13,17). The fraction of sp³-hybridized carbons (Fsp3) is 0.143. The van der Waals surface area contributed by atoms with Crippen LogP contribution in [0.25, 0.3) is 0 Å². The molecule has 2 aromatic heterocycles. The topological polar surface area (TPSA) is 98.5 Å². The largest absolute Gasteiger partial charge is 0.308 e. The molecule has 88 valence electrons. The van der Waals surface area contributed by atoms with E-state index in [2.05, 4.69) is 30.8 Å². The number of nitrogens with one attached hydrogen (secondary N) is 1. The van der Waals surface area contributed by atoms with E-state index in [0.29, 0.717) is 0 Å². The van der Waals surface area contributed by atoms with Gasteiger partial charge >= 0.3 is 0 Å². The molecule has 17 heavy (non-hydrogen) atoms. The predicted octanol–water partition coefficient (Wildman–Crippen LogP) is 0.409. The van der Waals surface area contributed by atoms with Crippen molar-refractivity contribution in [3.8, 4) is 0 Å². The highest BCUT2D eigenvalue weighted by atomic mass is 35.5. The molecule has 0 aliphatic heterocycles. The van der Waals surface area contributed by atoms with Crippen molar-refractivity contribution in [2.45, 2.75) is 6.54 Å². The third-order valence-corrected chi connectivity index (χ3v) is 2.44. The summed E-state index contributed by atoms with van der Waals surface area (Å²) in [5.74, 6) is -0.237. The van der Waals surface area contributed by atoms with E-state index < -0.39 is 0 Å². The monoisotopic (exact) mass is 273 g/mol. The van der Waals surface area contributed by atoms with E-state index >= 15 is 0 Å². The maximum Gasteiger partial charge on any atom is 0.247 e. The van der Waals surface area contributed by atoms with Crippen LogP contribution in [0, 0.1) is 0 Å². The summed E-state index contributed by atoms with van der Waals surface area (Å²) in [6, 6.07) is 0. The lowest BCUT2D eigenvalue weighted by molar-refractivity contribution is -0.116. The summed E-state index contributed by atoms with van der Waals surface area (Å²) in [4.78, 5) is 19.0. The molecule has 0 atom stereocenters. The van der Waals surface area contributed by atoms with Gasteiger partial charge in [0, 0.05) is 0 Å². The van der Waals surface area contributed by atoms with Gasteiger partial charge in [-0.25, -0.2) is 14.6 Å². The average Bonchev–Trinajstić information content (AvgIpc) is 2.77. The van der Waals surface area contributed by atoms with E-state index in [0.717, 1.165) is 0 Å². The number of hydrogen-bond acceptors (Lipinski definition) is 6. The molecule has 2 rings (SSSR count). The van der Waals surface area contributed by atoms with Gasteiger partial charge in [0.15, 0.2) is 11.0 Å². The van der Waals surface area contributed by atoms with Gasteiger partial charge in [-0.15, -0.1) is 5.10 Å². The first-order chi connectivity index (χ1) is 8.16. The Balaban J connectivity index is 2.06. The molecule has 2 heterocycles. The summed E-state index contributed by atoms with van der Waals surface area (Å²) >= 11 is 11.5. The summed E-state index contributed by atoms with van der Waals surface area (Å²) in [6.07, 6.45) is 2.51. The Morgan fingerprint density at radius 3 is 2.94 bits per heavy atom. The first-order valence-corrected chi connectivity index (χ1v) is 5.09. The lowest BCUT2D eigenvalue weighted by atomic mass is 10.5. The van der Waals surface area contributed by atoms with Gasteiger partial charge in [-0.1, -0.05) is 23.2 Å². The number of tetrazole rings is 1. The first-order valence-electron chi connectivity index (χ1n) is 4.33. The van der Waals surface area contributed by atoms with E-state index in [9.17, 15) is 4.79 Å². The van der Waals surface area contributed by atoms with E-state index in [4.69, 9.17) is 23.2 Å². The molecule has 0 spiro atoms. The van der Waals surface area contributed by atoms with E-state index in [1.807, 2.05) is 0 Å². The second-order valence-electron chi connectivity index (χ2n) is 2.88. The molecule has 0 radical (unpaired) electrons. The second kappa shape index (κ2) is 5.02. The Hall–Kier alpha value is -1.80. The third-order valence-electron chi connectivity index (χ3n) is 1.70. The highest BCUT2D eigenvalue weighted by Crippen LogP contribution is 2.25. The zero-order chi connectivity index (χ0) is 12.3. The van der Waals surface area contributed by atoms with Gasteiger partial charge in [-0.3, -0.25) is 4.79 Å². The molecule has 2 aromatic rings. The maximum atomic E-state index is 11.6. The fourth-order valence-electron chi connectivity index (χ4n) is 1.01. The summed E-state index contributed by atoms with van der Waals surface area (Å²) in [6.45, 7) is -0.0506. The summed E-state index contributed by atoms with van der Waals surface area (Å²) < 4.78 is 1.26. The molecule has 0 aliphatic rings. The molecule has 0 saturated heterocycles. The van der Waals surface area contributed by atoms with Crippen molar-refractivity contribution in [1.82, 2.24) is 30.2 Å². The Morgan fingerprint density at radius 1 is 1.41 bits per heavy atom. The quantitative estimate of drug-likeness (QED) is 0.814. The van der Waals surface area contributed by atoms with Crippen LogP contribution < -0.4 is 5.32 Å². The second-order valence-corrected chi connectivity index (χ2v) is 3.62. The molecule has 0 bridgehead atoms. The van der Waals surface area contributed by atoms with E-state index in [1.54, 1.807) is 0 Å². The van der Waals surface area contributed by atoms with Gasteiger partial charge in [-0.05, 0) is 10.4 Å². The Bertz CT molecular complexity index is 529. The highest BCUT2D eigenvalue weighted by Gasteiger charge is 2.11. The van der Waals surface area contributed by atoms with Crippen LogP contribution in [-0.2, 0) is 11.3 Å². The van der Waals surface area contributed by atoms with Crippen molar-refractivity contribution in [1.29, 1.82) is 0 Å². The minimum Gasteiger partial charge on any atom is -0.308 e. The van der Waals surface area contributed by atoms with Crippen molar-refractivity contribution >= 4 is 34.9 Å². The summed E-state index contributed by atoms with van der Waals surface area (Å²) in [5.41, 5.74) is 0. The van der Waals surface area contributed by atoms with Crippen molar-refractivity contribution in [3.05, 3.63) is 22.8 Å². The normalized spacial score (nSPS) is 10.2. The highest BCUT2D eigenvalue weighted by molar-refractivity contribution is 6.42.